The van der Waals surface area contributed by atoms with Gasteiger partial charge in [-0.2, -0.15) is 18.3 Å². The largest absolute Gasteiger partial charge is 0.435 e. The number of alkyl halides is 3. The zero-order valence-electron chi connectivity index (χ0n) is 22.9. The van der Waals surface area contributed by atoms with E-state index in [0.29, 0.717) is 22.2 Å². The molecule has 0 saturated carbocycles. The topological polar surface area (TPSA) is 68.1 Å². The molecule has 0 atom stereocenters. The highest BCUT2D eigenvalue weighted by molar-refractivity contribution is 6.32. The molecule has 4 aromatic rings. The van der Waals surface area contributed by atoms with Crippen molar-refractivity contribution in [3.05, 3.63) is 111 Å². The van der Waals surface area contributed by atoms with Gasteiger partial charge in [0.1, 0.15) is 5.69 Å². The van der Waals surface area contributed by atoms with E-state index in [1.165, 1.54) is 30.0 Å². The summed E-state index contributed by atoms with van der Waals surface area (Å²) >= 11 is 12.5. The van der Waals surface area contributed by atoms with Gasteiger partial charge in [-0.15, -0.1) is 0 Å². The third-order valence-corrected chi connectivity index (χ3v) is 7.86. The minimum absolute atomic E-state index is 0.0250. The van der Waals surface area contributed by atoms with Crippen LogP contribution in [0.25, 0.3) is 5.82 Å². The Balaban J connectivity index is 1.40. The molecule has 3 heterocycles. The van der Waals surface area contributed by atoms with Gasteiger partial charge < -0.3 is 0 Å². The number of carbonyl (C=O) groups is 2. The molecule has 0 unspecified atom stereocenters. The lowest BCUT2D eigenvalue weighted by Crippen LogP contribution is -2.54. The van der Waals surface area contributed by atoms with Gasteiger partial charge >= 0.3 is 6.18 Å². The predicted molar refractivity (Wildman–Crippen MR) is 154 cm³/mol. The number of likely N-dealkylation sites (tertiary alicyclic amines) is 1. The third kappa shape index (κ3) is 6.43. The van der Waals surface area contributed by atoms with E-state index in [0.717, 1.165) is 24.3 Å². The molecule has 11 heteroatoms. The smallest absolute Gasteiger partial charge is 0.298 e. The Morgan fingerprint density at radius 3 is 2.38 bits per heavy atom. The van der Waals surface area contributed by atoms with Gasteiger partial charge in [-0.25, -0.2) is 9.67 Å². The molecule has 2 aromatic heterocycles. The Bertz CT molecular complexity index is 1650. The maximum Gasteiger partial charge on any atom is 0.435 e. The predicted octanol–water partition coefficient (Wildman–Crippen LogP) is 7.42. The summed E-state index contributed by atoms with van der Waals surface area (Å²) in [6.45, 7) is 6.00. The SMILES string of the molecule is Cc1cc(Cl)cc(C(=O)CC2(C)CN(Cc3ccccc3)C2)c1CC(=O)c1cc(C(F)(F)F)nn1-c1ncccc1Cl. The summed E-state index contributed by atoms with van der Waals surface area (Å²) in [5.74, 6) is -0.967. The molecule has 42 heavy (non-hydrogen) atoms. The number of aryl methyl sites for hydroxylation is 1. The first-order chi connectivity index (χ1) is 19.8. The number of hydrogen-bond donors (Lipinski definition) is 0. The van der Waals surface area contributed by atoms with E-state index in [4.69, 9.17) is 23.2 Å². The average molecular weight is 615 g/mol. The van der Waals surface area contributed by atoms with Crippen LogP contribution in [0.1, 0.15) is 56.6 Å². The van der Waals surface area contributed by atoms with Gasteiger partial charge in [0.15, 0.2) is 23.1 Å². The van der Waals surface area contributed by atoms with Crippen molar-refractivity contribution < 1.29 is 22.8 Å². The summed E-state index contributed by atoms with van der Waals surface area (Å²) in [6.07, 6.45) is -3.56. The van der Waals surface area contributed by atoms with Gasteiger partial charge in [0, 0.05) is 60.7 Å². The number of hydrogen-bond acceptors (Lipinski definition) is 5. The van der Waals surface area contributed by atoms with Crippen LogP contribution in [0.4, 0.5) is 13.2 Å². The zero-order chi connectivity index (χ0) is 30.2. The van der Waals surface area contributed by atoms with Gasteiger partial charge in [0.25, 0.3) is 0 Å². The van der Waals surface area contributed by atoms with Crippen LogP contribution in [-0.4, -0.2) is 44.3 Å². The lowest BCUT2D eigenvalue weighted by Gasteiger charge is -2.48. The van der Waals surface area contributed by atoms with Crippen LogP contribution >= 0.6 is 23.2 Å². The maximum atomic E-state index is 13.6. The molecule has 6 nitrogen and oxygen atoms in total. The highest BCUT2D eigenvalue weighted by atomic mass is 35.5. The van der Waals surface area contributed by atoms with E-state index in [1.54, 1.807) is 13.0 Å². The molecule has 5 rings (SSSR count). The van der Waals surface area contributed by atoms with Crippen molar-refractivity contribution in [3.63, 3.8) is 0 Å². The standard InChI is InChI=1S/C31H27Cl2F3N4O2/c1-19-11-21(32)12-23(27(42)15-30(2)17-39(18-30)16-20-7-4-3-5-8-20)22(19)13-26(41)25-14-28(31(34,35)36)38-40(25)29-24(33)9-6-10-37-29/h3-12,14H,13,15-18H2,1-2H3. The first-order valence-corrected chi connectivity index (χ1v) is 14.0. The van der Waals surface area contributed by atoms with Gasteiger partial charge in [-0.05, 0) is 47.9 Å². The number of pyridine rings is 1. The summed E-state index contributed by atoms with van der Waals surface area (Å²) in [7, 11) is 0. The average Bonchev–Trinajstić information content (AvgIpc) is 3.36. The summed E-state index contributed by atoms with van der Waals surface area (Å²) in [5.41, 5.74) is 0.603. The van der Waals surface area contributed by atoms with Crippen LogP contribution in [0.5, 0.6) is 0 Å². The van der Waals surface area contributed by atoms with Crippen LogP contribution in [0, 0.1) is 12.3 Å². The van der Waals surface area contributed by atoms with Crippen LogP contribution in [0.15, 0.2) is 66.9 Å². The Hall–Kier alpha value is -3.53. The van der Waals surface area contributed by atoms with Crippen molar-refractivity contribution in [3.8, 4) is 5.82 Å². The van der Waals surface area contributed by atoms with Gasteiger partial charge in [0.2, 0.25) is 0 Å². The fraction of sp³-hybridized carbons (Fsp3) is 0.290. The van der Waals surface area contributed by atoms with E-state index in [9.17, 15) is 22.8 Å². The second-order valence-corrected chi connectivity index (χ2v) is 11.9. The molecule has 218 valence electrons. The number of benzene rings is 2. The van der Waals surface area contributed by atoms with Crippen molar-refractivity contribution in [1.82, 2.24) is 19.7 Å². The monoisotopic (exact) mass is 614 g/mol. The molecule has 0 aliphatic carbocycles. The Morgan fingerprint density at radius 1 is 1.00 bits per heavy atom. The Labute approximate surface area is 251 Å². The number of halogens is 5. The van der Waals surface area contributed by atoms with Gasteiger partial charge in [-0.1, -0.05) is 60.5 Å². The van der Waals surface area contributed by atoms with Crippen molar-refractivity contribution in [1.29, 1.82) is 0 Å². The molecule has 0 N–H and O–H groups in total. The van der Waals surface area contributed by atoms with Crippen molar-refractivity contribution in [2.45, 2.75) is 39.4 Å². The second-order valence-electron chi connectivity index (χ2n) is 11.0. The quantitative estimate of drug-likeness (QED) is 0.183. The lowest BCUT2D eigenvalue weighted by molar-refractivity contribution is -0.141. The van der Waals surface area contributed by atoms with E-state index in [-0.39, 0.29) is 46.1 Å². The third-order valence-electron chi connectivity index (χ3n) is 7.35. The summed E-state index contributed by atoms with van der Waals surface area (Å²) < 4.78 is 41.6. The number of Topliss-reactive ketones (excluding diaryl/α,β-unsaturated/α-hetero) is 2. The molecule has 1 saturated heterocycles. The second kappa shape index (κ2) is 11.6. The number of ketones is 2. The Kier molecular flexibility index (Phi) is 8.29. The summed E-state index contributed by atoms with van der Waals surface area (Å²) in [5, 5.41) is 3.96. The number of aromatic nitrogens is 3. The number of carbonyl (C=O) groups excluding carboxylic acids is 2. The number of rotatable bonds is 9. The summed E-state index contributed by atoms with van der Waals surface area (Å²) in [4.78, 5) is 33.5. The number of nitrogens with zero attached hydrogens (tertiary/aromatic N) is 4. The minimum Gasteiger partial charge on any atom is -0.298 e. The van der Waals surface area contributed by atoms with Crippen molar-refractivity contribution >= 4 is 34.8 Å². The van der Waals surface area contributed by atoms with E-state index < -0.39 is 17.7 Å². The van der Waals surface area contributed by atoms with Crippen molar-refractivity contribution in [2.75, 3.05) is 13.1 Å². The molecule has 1 aliphatic rings. The first kappa shape index (κ1) is 29.9. The molecule has 0 radical (unpaired) electrons. The van der Waals surface area contributed by atoms with E-state index in [1.807, 2.05) is 25.1 Å². The first-order valence-electron chi connectivity index (χ1n) is 13.2. The van der Waals surface area contributed by atoms with E-state index in [2.05, 4.69) is 27.1 Å². The zero-order valence-corrected chi connectivity index (χ0v) is 24.4. The van der Waals surface area contributed by atoms with Crippen LogP contribution in [0.2, 0.25) is 10.0 Å². The molecular weight excluding hydrogens is 588 g/mol. The van der Waals surface area contributed by atoms with Crippen LogP contribution in [0.3, 0.4) is 0 Å². The van der Waals surface area contributed by atoms with E-state index >= 15 is 0 Å². The highest BCUT2D eigenvalue weighted by Gasteiger charge is 2.41. The molecular formula is C31H27Cl2F3N4O2. The normalized spacial score (nSPS) is 14.9. The highest BCUT2D eigenvalue weighted by Crippen LogP contribution is 2.37. The molecule has 1 aliphatic heterocycles. The van der Waals surface area contributed by atoms with Gasteiger partial charge in [0.05, 0.1) is 5.02 Å². The minimum atomic E-state index is -4.80. The molecule has 0 bridgehead atoms. The molecule has 1 fully saturated rings. The summed E-state index contributed by atoms with van der Waals surface area (Å²) in [6, 6.07) is 16.8. The van der Waals surface area contributed by atoms with Crippen LogP contribution in [-0.2, 0) is 19.1 Å². The molecule has 0 spiro atoms. The fourth-order valence-corrected chi connectivity index (χ4v) is 5.98. The van der Waals surface area contributed by atoms with Gasteiger partial charge in [-0.3, -0.25) is 14.5 Å². The Morgan fingerprint density at radius 2 is 1.71 bits per heavy atom. The maximum absolute atomic E-state index is 13.6. The lowest BCUT2D eigenvalue weighted by atomic mass is 9.75. The molecule has 2 aromatic carbocycles. The molecule has 0 amide bonds. The fourth-order valence-electron chi connectivity index (χ4n) is 5.50. The van der Waals surface area contributed by atoms with Crippen LogP contribution < -0.4 is 0 Å². The van der Waals surface area contributed by atoms with Crippen molar-refractivity contribution in [2.24, 2.45) is 5.41 Å².